The van der Waals surface area contributed by atoms with Crippen LogP contribution in [0.25, 0.3) is 0 Å². The molecule has 134 valence electrons. The summed E-state index contributed by atoms with van der Waals surface area (Å²) in [5, 5.41) is 0. The van der Waals surface area contributed by atoms with Crippen LogP contribution in [-0.2, 0) is 9.59 Å². The number of allylic oxidation sites excluding steroid dienone is 1. The highest BCUT2D eigenvalue weighted by Crippen LogP contribution is 2.65. The molecule has 3 aliphatic carbocycles. The summed E-state index contributed by atoms with van der Waals surface area (Å²) >= 11 is 0. The summed E-state index contributed by atoms with van der Waals surface area (Å²) in [4.78, 5) is 24.3. The second kappa shape index (κ2) is 6.11. The Balaban J connectivity index is 1.87. The molecule has 0 amide bonds. The van der Waals surface area contributed by atoms with E-state index >= 15 is 0 Å². The number of ketones is 2. The lowest BCUT2D eigenvalue weighted by Crippen LogP contribution is -2.52. The van der Waals surface area contributed by atoms with Crippen molar-refractivity contribution in [1.82, 2.24) is 0 Å². The Bertz CT molecular complexity index is 562. The molecule has 0 heterocycles. The minimum atomic E-state index is -0.267. The molecule has 3 fully saturated rings. The second-order valence-electron chi connectivity index (χ2n) is 9.48. The Morgan fingerprint density at radius 3 is 2.46 bits per heavy atom. The van der Waals surface area contributed by atoms with Gasteiger partial charge in [0.15, 0.2) is 0 Å². The normalized spacial score (nSPS) is 44.8. The van der Waals surface area contributed by atoms with E-state index in [1.54, 1.807) is 6.92 Å². The molecule has 3 saturated carbocycles. The van der Waals surface area contributed by atoms with Crippen molar-refractivity contribution in [3.8, 4) is 0 Å². The van der Waals surface area contributed by atoms with E-state index in [0.717, 1.165) is 31.6 Å². The molecule has 0 aliphatic heterocycles. The lowest BCUT2D eigenvalue weighted by atomic mass is 9.48. The first-order valence-corrected chi connectivity index (χ1v) is 9.88. The Morgan fingerprint density at radius 2 is 1.83 bits per heavy atom. The molecule has 6 atom stereocenters. The lowest BCUT2D eigenvalue weighted by Gasteiger charge is -2.56. The molecular formula is C22H34O2. The highest BCUT2D eigenvalue weighted by atomic mass is 16.1. The quantitative estimate of drug-likeness (QED) is 0.650. The predicted molar refractivity (Wildman–Crippen MR) is 97.6 cm³/mol. The van der Waals surface area contributed by atoms with Gasteiger partial charge >= 0.3 is 0 Å². The van der Waals surface area contributed by atoms with E-state index in [9.17, 15) is 9.59 Å². The predicted octanol–water partition coefficient (Wildman–Crippen LogP) is 5.36. The standard InChI is InChI=1S/C22H34O2/c1-14(2)17-7-8-18-16-6-9-20(24)22(5,12-10-15(3)23)19(16)11-13-21(17,18)4/h16-19H,1,6-13H2,2-5H3/t16-,17+,18-,19-,21+,22+/m1/s1. The van der Waals surface area contributed by atoms with Crippen LogP contribution in [0.15, 0.2) is 12.2 Å². The summed E-state index contributed by atoms with van der Waals surface area (Å²) in [6, 6.07) is 0. The summed E-state index contributed by atoms with van der Waals surface area (Å²) in [6.07, 6.45) is 8.06. The third-order valence-corrected chi connectivity index (χ3v) is 8.19. The first kappa shape index (κ1) is 17.9. The highest BCUT2D eigenvalue weighted by Gasteiger charge is 2.59. The number of hydrogen-bond donors (Lipinski definition) is 0. The van der Waals surface area contributed by atoms with Crippen LogP contribution >= 0.6 is 0 Å². The number of fused-ring (bicyclic) bond motifs is 3. The molecule has 2 heteroatoms. The van der Waals surface area contributed by atoms with Crippen LogP contribution in [0.5, 0.6) is 0 Å². The van der Waals surface area contributed by atoms with Gasteiger partial charge in [0.1, 0.15) is 11.6 Å². The minimum absolute atomic E-state index is 0.218. The van der Waals surface area contributed by atoms with Gasteiger partial charge in [-0.2, -0.15) is 0 Å². The van der Waals surface area contributed by atoms with E-state index in [4.69, 9.17) is 0 Å². The second-order valence-corrected chi connectivity index (χ2v) is 9.48. The van der Waals surface area contributed by atoms with Gasteiger partial charge in [0.2, 0.25) is 0 Å². The van der Waals surface area contributed by atoms with Gasteiger partial charge in [-0.15, -0.1) is 0 Å². The van der Waals surface area contributed by atoms with Crippen molar-refractivity contribution in [3.63, 3.8) is 0 Å². The van der Waals surface area contributed by atoms with Crippen LogP contribution in [-0.4, -0.2) is 11.6 Å². The maximum Gasteiger partial charge on any atom is 0.139 e. The van der Waals surface area contributed by atoms with Crippen molar-refractivity contribution in [2.75, 3.05) is 0 Å². The molecule has 0 saturated heterocycles. The van der Waals surface area contributed by atoms with Crippen LogP contribution in [0.1, 0.15) is 79.1 Å². The van der Waals surface area contributed by atoms with Crippen LogP contribution in [0.3, 0.4) is 0 Å². The Morgan fingerprint density at radius 1 is 1.12 bits per heavy atom. The van der Waals surface area contributed by atoms with Crippen molar-refractivity contribution in [2.24, 2.45) is 34.5 Å². The largest absolute Gasteiger partial charge is 0.300 e. The third-order valence-electron chi connectivity index (χ3n) is 8.19. The first-order valence-electron chi connectivity index (χ1n) is 9.88. The van der Waals surface area contributed by atoms with E-state index in [-0.39, 0.29) is 11.2 Å². The SMILES string of the molecule is C=C(C)[C@@H]1CC[C@@H]2[C@H]3CCC(=O)[C@@](C)(CCC(C)=O)[C@@H]3CC[C@]21C. The average Bonchev–Trinajstić information content (AvgIpc) is 2.86. The zero-order valence-electron chi connectivity index (χ0n) is 16.0. The first-order chi connectivity index (χ1) is 11.2. The number of hydrogen-bond acceptors (Lipinski definition) is 2. The van der Waals surface area contributed by atoms with E-state index < -0.39 is 0 Å². The van der Waals surface area contributed by atoms with Gasteiger partial charge in [-0.3, -0.25) is 4.79 Å². The van der Waals surface area contributed by atoms with Crippen molar-refractivity contribution in [1.29, 1.82) is 0 Å². The van der Waals surface area contributed by atoms with E-state index in [1.807, 2.05) is 0 Å². The summed E-state index contributed by atoms with van der Waals surface area (Å²) in [5.74, 6) is 3.19. The fourth-order valence-electron chi connectivity index (χ4n) is 6.84. The Kier molecular flexibility index (Phi) is 4.55. The fraction of sp³-hybridized carbons (Fsp3) is 0.818. The Labute approximate surface area is 147 Å². The molecule has 0 aromatic carbocycles. The summed E-state index contributed by atoms with van der Waals surface area (Å²) in [7, 11) is 0. The molecule has 0 N–H and O–H groups in total. The maximum absolute atomic E-state index is 12.8. The van der Waals surface area contributed by atoms with Crippen molar-refractivity contribution in [3.05, 3.63) is 12.2 Å². The molecule has 0 radical (unpaired) electrons. The molecular weight excluding hydrogens is 296 g/mol. The van der Waals surface area contributed by atoms with Gasteiger partial charge in [0.05, 0.1) is 0 Å². The van der Waals surface area contributed by atoms with Gasteiger partial charge < -0.3 is 4.79 Å². The molecule has 3 aliphatic rings. The van der Waals surface area contributed by atoms with Crippen molar-refractivity contribution < 1.29 is 9.59 Å². The molecule has 3 rings (SSSR count). The molecule has 0 aromatic rings. The van der Waals surface area contributed by atoms with Crippen molar-refractivity contribution >= 4 is 11.6 Å². The topological polar surface area (TPSA) is 34.1 Å². The van der Waals surface area contributed by atoms with Crippen molar-refractivity contribution in [2.45, 2.75) is 79.1 Å². The van der Waals surface area contributed by atoms with Gasteiger partial charge in [0.25, 0.3) is 0 Å². The summed E-state index contributed by atoms with van der Waals surface area (Å²) < 4.78 is 0. The molecule has 0 unspecified atom stereocenters. The smallest absolute Gasteiger partial charge is 0.139 e. The average molecular weight is 331 g/mol. The van der Waals surface area contributed by atoms with Crippen LogP contribution < -0.4 is 0 Å². The maximum atomic E-state index is 12.8. The third kappa shape index (κ3) is 2.61. The number of carbonyl (C=O) groups is 2. The highest BCUT2D eigenvalue weighted by molar-refractivity contribution is 5.86. The molecule has 0 spiro atoms. The monoisotopic (exact) mass is 330 g/mol. The van der Waals surface area contributed by atoms with Gasteiger partial charge in [0, 0.05) is 18.3 Å². The van der Waals surface area contributed by atoms with Crippen LogP contribution in [0.4, 0.5) is 0 Å². The number of rotatable bonds is 4. The molecule has 0 aromatic heterocycles. The fourth-order valence-corrected chi connectivity index (χ4v) is 6.84. The lowest BCUT2D eigenvalue weighted by molar-refractivity contribution is -0.145. The zero-order chi connectivity index (χ0) is 17.7. The number of Topliss-reactive ketones (excluding diaryl/α,β-unsaturated/α-hetero) is 2. The van der Waals surface area contributed by atoms with E-state index in [2.05, 4.69) is 27.4 Å². The van der Waals surface area contributed by atoms with Gasteiger partial charge in [-0.1, -0.05) is 26.0 Å². The molecule has 24 heavy (non-hydrogen) atoms. The number of carbonyl (C=O) groups excluding carboxylic acids is 2. The van der Waals surface area contributed by atoms with Gasteiger partial charge in [-0.25, -0.2) is 0 Å². The van der Waals surface area contributed by atoms with E-state index in [0.29, 0.717) is 35.4 Å². The van der Waals surface area contributed by atoms with Crippen LogP contribution in [0.2, 0.25) is 0 Å². The minimum Gasteiger partial charge on any atom is -0.300 e. The summed E-state index contributed by atoms with van der Waals surface area (Å²) in [5.41, 5.74) is 1.47. The molecule has 2 nitrogen and oxygen atoms in total. The van der Waals surface area contributed by atoms with E-state index in [1.165, 1.54) is 24.8 Å². The Hall–Kier alpha value is -0.920. The van der Waals surface area contributed by atoms with Gasteiger partial charge in [-0.05, 0) is 81.5 Å². The summed E-state index contributed by atoms with van der Waals surface area (Å²) in [6.45, 7) is 12.8. The molecule has 0 bridgehead atoms. The van der Waals surface area contributed by atoms with Crippen LogP contribution in [0, 0.1) is 34.5 Å². The zero-order valence-corrected chi connectivity index (χ0v) is 16.0.